The molecule has 1 N–H and O–H groups in total. The fourth-order valence-electron chi connectivity index (χ4n) is 2.36. The summed E-state index contributed by atoms with van der Waals surface area (Å²) in [7, 11) is 0. The lowest BCUT2D eigenvalue weighted by molar-refractivity contribution is 0.627. The van der Waals surface area contributed by atoms with E-state index in [2.05, 4.69) is 83.6 Å². The summed E-state index contributed by atoms with van der Waals surface area (Å²) in [6, 6.07) is 17.4. The average Bonchev–Trinajstić information content (AvgIpc) is 2.48. The highest BCUT2D eigenvalue weighted by Crippen LogP contribution is 2.27. The lowest BCUT2D eigenvalue weighted by Crippen LogP contribution is -2.23. The van der Waals surface area contributed by atoms with Gasteiger partial charge in [-0.25, -0.2) is 0 Å². The summed E-state index contributed by atoms with van der Waals surface area (Å²) in [6.07, 6.45) is 1.17. The van der Waals surface area contributed by atoms with E-state index in [1.165, 1.54) is 27.6 Å². The molecular formula is C18H22BrN. The number of rotatable bonds is 6. The molecule has 2 aromatic carbocycles. The quantitative estimate of drug-likeness (QED) is 0.743. The zero-order chi connectivity index (χ0) is 14.4. The first-order valence-electron chi connectivity index (χ1n) is 7.24. The fourth-order valence-corrected chi connectivity index (χ4v) is 2.76. The molecule has 2 heteroatoms. The van der Waals surface area contributed by atoms with E-state index in [1.807, 2.05) is 0 Å². The second kappa shape index (κ2) is 7.61. The van der Waals surface area contributed by atoms with Crippen LogP contribution >= 0.6 is 15.9 Å². The molecule has 106 valence electrons. The molecule has 20 heavy (non-hydrogen) atoms. The molecule has 0 amide bonds. The first-order chi connectivity index (χ1) is 9.72. The van der Waals surface area contributed by atoms with Crippen molar-refractivity contribution < 1.29 is 0 Å². The predicted octanol–water partition coefficient (Wildman–Crippen LogP) is 4.89. The van der Waals surface area contributed by atoms with Gasteiger partial charge in [0.25, 0.3) is 0 Å². The van der Waals surface area contributed by atoms with Crippen LogP contribution in [0.15, 0.2) is 53.0 Å². The van der Waals surface area contributed by atoms with Crippen LogP contribution in [0, 0.1) is 6.92 Å². The van der Waals surface area contributed by atoms with Gasteiger partial charge in [-0.3, -0.25) is 0 Å². The lowest BCUT2D eigenvalue weighted by Gasteiger charge is -2.19. The van der Waals surface area contributed by atoms with Crippen molar-refractivity contribution in [1.82, 2.24) is 5.32 Å². The molecule has 2 rings (SSSR count). The largest absolute Gasteiger partial charge is 0.316 e. The minimum Gasteiger partial charge on any atom is -0.316 e. The first kappa shape index (κ1) is 15.3. The average molecular weight is 332 g/mol. The number of nitrogens with one attached hydrogen (secondary N) is 1. The lowest BCUT2D eigenvalue weighted by atomic mass is 9.90. The van der Waals surface area contributed by atoms with Crippen molar-refractivity contribution in [3.63, 3.8) is 0 Å². The Morgan fingerprint density at radius 2 is 1.80 bits per heavy atom. The van der Waals surface area contributed by atoms with Crippen LogP contribution in [0.1, 0.15) is 36.0 Å². The number of hydrogen-bond donors (Lipinski definition) is 1. The van der Waals surface area contributed by atoms with E-state index in [-0.39, 0.29) is 0 Å². The smallest absolute Gasteiger partial charge is 0.0215 e. The van der Waals surface area contributed by atoms with Crippen molar-refractivity contribution in [2.24, 2.45) is 0 Å². The summed E-state index contributed by atoms with van der Waals surface area (Å²) in [5.74, 6) is 0.402. The summed E-state index contributed by atoms with van der Waals surface area (Å²) < 4.78 is 1.19. The van der Waals surface area contributed by atoms with Crippen molar-refractivity contribution in [1.29, 1.82) is 0 Å². The highest BCUT2D eigenvalue weighted by atomic mass is 79.9. The third kappa shape index (κ3) is 3.94. The minimum absolute atomic E-state index is 0.402. The molecule has 0 heterocycles. The zero-order valence-electron chi connectivity index (χ0n) is 12.2. The summed E-state index contributed by atoms with van der Waals surface area (Å²) in [5, 5.41) is 3.55. The van der Waals surface area contributed by atoms with Gasteiger partial charge in [-0.2, -0.15) is 0 Å². The Morgan fingerprint density at radius 1 is 1.05 bits per heavy atom. The molecule has 0 spiro atoms. The van der Waals surface area contributed by atoms with Crippen molar-refractivity contribution in [2.45, 2.75) is 26.2 Å². The molecule has 0 saturated heterocycles. The van der Waals surface area contributed by atoms with Gasteiger partial charge in [0.05, 0.1) is 0 Å². The molecule has 0 fully saturated rings. The summed E-state index contributed by atoms with van der Waals surface area (Å²) in [5.41, 5.74) is 4.01. The Bertz CT molecular complexity index is 536. The van der Waals surface area contributed by atoms with E-state index in [1.54, 1.807) is 0 Å². The number of benzene rings is 2. The molecule has 0 aliphatic carbocycles. The van der Waals surface area contributed by atoms with E-state index in [0.29, 0.717) is 5.92 Å². The number of halogens is 1. The van der Waals surface area contributed by atoms with E-state index in [9.17, 15) is 0 Å². The van der Waals surface area contributed by atoms with Crippen molar-refractivity contribution in [3.8, 4) is 0 Å². The number of hydrogen-bond acceptors (Lipinski definition) is 1. The van der Waals surface area contributed by atoms with Crippen molar-refractivity contribution in [2.75, 3.05) is 13.1 Å². The van der Waals surface area contributed by atoms with Gasteiger partial charge in [0.1, 0.15) is 0 Å². The van der Waals surface area contributed by atoms with Crippen molar-refractivity contribution in [3.05, 3.63) is 69.7 Å². The monoisotopic (exact) mass is 331 g/mol. The second-order valence-electron chi connectivity index (χ2n) is 5.18. The summed E-state index contributed by atoms with van der Waals surface area (Å²) in [6.45, 7) is 6.37. The Hall–Kier alpha value is -1.12. The van der Waals surface area contributed by atoms with Crippen LogP contribution in [0.3, 0.4) is 0 Å². The standard InChI is InChI=1S/C18H22BrN/c1-3-11-20-13-17(15-7-5-4-6-8-15)16-10-9-14(2)18(19)12-16/h4-10,12,17,20H,3,11,13H2,1-2H3. The second-order valence-corrected chi connectivity index (χ2v) is 6.03. The molecule has 1 unspecified atom stereocenters. The predicted molar refractivity (Wildman–Crippen MR) is 90.3 cm³/mol. The van der Waals surface area contributed by atoms with Crippen LogP contribution in [0.2, 0.25) is 0 Å². The van der Waals surface area contributed by atoms with Crippen LogP contribution < -0.4 is 5.32 Å². The van der Waals surface area contributed by atoms with Gasteiger partial charge in [-0.15, -0.1) is 0 Å². The van der Waals surface area contributed by atoms with Crippen LogP contribution in [0.5, 0.6) is 0 Å². The molecule has 0 radical (unpaired) electrons. The molecule has 0 saturated carbocycles. The highest BCUT2D eigenvalue weighted by molar-refractivity contribution is 9.10. The molecular weight excluding hydrogens is 310 g/mol. The van der Waals surface area contributed by atoms with Crippen molar-refractivity contribution >= 4 is 15.9 Å². The van der Waals surface area contributed by atoms with Gasteiger partial charge >= 0.3 is 0 Å². The van der Waals surface area contributed by atoms with Gasteiger partial charge in [0, 0.05) is 16.9 Å². The van der Waals surface area contributed by atoms with Crippen LogP contribution in [-0.4, -0.2) is 13.1 Å². The first-order valence-corrected chi connectivity index (χ1v) is 8.03. The fraction of sp³-hybridized carbons (Fsp3) is 0.333. The molecule has 1 atom stereocenters. The van der Waals surface area contributed by atoms with Gasteiger partial charge < -0.3 is 5.32 Å². The van der Waals surface area contributed by atoms with Gasteiger partial charge in [0.15, 0.2) is 0 Å². The van der Waals surface area contributed by atoms with Crippen LogP contribution in [0.4, 0.5) is 0 Å². The molecule has 2 aromatic rings. The number of aryl methyl sites for hydroxylation is 1. The SMILES string of the molecule is CCCNCC(c1ccccc1)c1ccc(C)c(Br)c1. The Morgan fingerprint density at radius 3 is 2.45 bits per heavy atom. The highest BCUT2D eigenvalue weighted by Gasteiger charge is 2.14. The maximum absolute atomic E-state index is 3.65. The zero-order valence-corrected chi connectivity index (χ0v) is 13.8. The van der Waals surface area contributed by atoms with E-state index in [4.69, 9.17) is 0 Å². The Kier molecular flexibility index (Phi) is 5.81. The minimum atomic E-state index is 0.402. The van der Waals surface area contributed by atoms with Gasteiger partial charge in [0.2, 0.25) is 0 Å². The maximum atomic E-state index is 3.65. The van der Waals surface area contributed by atoms with Crippen LogP contribution in [-0.2, 0) is 0 Å². The molecule has 1 nitrogen and oxygen atoms in total. The van der Waals surface area contributed by atoms with Gasteiger partial charge in [-0.1, -0.05) is 65.3 Å². The molecule has 0 aliphatic heterocycles. The Balaban J connectivity index is 2.28. The third-order valence-electron chi connectivity index (χ3n) is 3.58. The van der Waals surface area contributed by atoms with E-state index < -0.39 is 0 Å². The maximum Gasteiger partial charge on any atom is 0.0215 e. The van der Waals surface area contributed by atoms with E-state index >= 15 is 0 Å². The molecule has 0 aliphatic rings. The summed E-state index contributed by atoms with van der Waals surface area (Å²) >= 11 is 3.65. The van der Waals surface area contributed by atoms with Crippen LogP contribution in [0.25, 0.3) is 0 Å². The van der Waals surface area contributed by atoms with E-state index in [0.717, 1.165) is 13.1 Å². The normalized spacial score (nSPS) is 12.3. The molecule has 0 aromatic heterocycles. The topological polar surface area (TPSA) is 12.0 Å². The molecule has 0 bridgehead atoms. The summed E-state index contributed by atoms with van der Waals surface area (Å²) in [4.78, 5) is 0. The Labute approximate surface area is 130 Å². The third-order valence-corrected chi connectivity index (χ3v) is 4.43. The van der Waals surface area contributed by atoms with Gasteiger partial charge in [-0.05, 0) is 42.6 Å².